The summed E-state index contributed by atoms with van der Waals surface area (Å²) in [5, 5.41) is 9.20. The topological polar surface area (TPSA) is 53.4 Å². The zero-order valence-electron chi connectivity index (χ0n) is 14.8. The highest BCUT2D eigenvalue weighted by Gasteiger charge is 2.27. The maximum Gasteiger partial charge on any atom is 0.337 e. The van der Waals surface area contributed by atoms with Gasteiger partial charge in [-0.25, -0.2) is 4.79 Å². The van der Waals surface area contributed by atoms with E-state index in [1.165, 1.54) is 37.4 Å². The van der Waals surface area contributed by atoms with Crippen LogP contribution in [0.2, 0.25) is 0 Å². The Kier molecular flexibility index (Phi) is 5.82. The molecule has 2 heterocycles. The fraction of sp³-hybridized carbons (Fsp3) is 0.429. The van der Waals surface area contributed by atoms with Crippen LogP contribution in [-0.2, 0) is 6.54 Å². The van der Waals surface area contributed by atoms with Crippen LogP contribution in [0.3, 0.4) is 0 Å². The van der Waals surface area contributed by atoms with Crippen molar-refractivity contribution in [3.8, 4) is 0 Å². The third-order valence-corrected chi connectivity index (χ3v) is 5.24. The zero-order valence-corrected chi connectivity index (χ0v) is 14.8. The fourth-order valence-corrected chi connectivity index (χ4v) is 3.86. The smallest absolute Gasteiger partial charge is 0.337 e. The summed E-state index contributed by atoms with van der Waals surface area (Å²) < 4.78 is 0. The minimum atomic E-state index is -0.917. The summed E-state index contributed by atoms with van der Waals surface area (Å²) >= 11 is 0. The van der Waals surface area contributed by atoms with Crippen LogP contribution in [0.1, 0.15) is 60.0 Å². The first-order chi connectivity index (χ1) is 12.1. The number of pyridine rings is 1. The van der Waals surface area contributed by atoms with E-state index in [0.29, 0.717) is 12.0 Å². The Morgan fingerprint density at radius 2 is 2.04 bits per heavy atom. The quantitative estimate of drug-likeness (QED) is 0.882. The summed E-state index contributed by atoms with van der Waals surface area (Å²) in [6.07, 6.45) is 8.11. The largest absolute Gasteiger partial charge is 0.478 e. The van der Waals surface area contributed by atoms with Crippen molar-refractivity contribution in [3.63, 3.8) is 0 Å². The average molecular weight is 338 g/mol. The molecule has 1 N–H and O–H groups in total. The molecule has 2 unspecified atom stereocenters. The summed E-state index contributed by atoms with van der Waals surface area (Å²) in [4.78, 5) is 17.8. The van der Waals surface area contributed by atoms with Crippen molar-refractivity contribution >= 4 is 5.97 Å². The minimum Gasteiger partial charge on any atom is -0.478 e. The van der Waals surface area contributed by atoms with Crippen molar-refractivity contribution in [1.82, 2.24) is 9.88 Å². The lowest BCUT2D eigenvalue weighted by molar-refractivity contribution is 0.0696. The number of carboxylic acid groups (broad SMARTS) is 1. The van der Waals surface area contributed by atoms with Crippen molar-refractivity contribution in [1.29, 1.82) is 0 Å². The van der Waals surface area contributed by atoms with E-state index in [2.05, 4.69) is 47.1 Å². The molecule has 0 saturated carbocycles. The molecular formula is C21H26N2O2. The van der Waals surface area contributed by atoms with Crippen LogP contribution >= 0.6 is 0 Å². The summed E-state index contributed by atoms with van der Waals surface area (Å²) in [7, 11) is 0. The SMILES string of the molecule is CC(c1ccccc1)C1CCCCCN1Cc1cncc(C(=O)O)c1. The summed E-state index contributed by atoms with van der Waals surface area (Å²) in [6, 6.07) is 12.9. The number of nitrogens with zero attached hydrogens (tertiary/aromatic N) is 2. The number of benzene rings is 1. The first-order valence-corrected chi connectivity index (χ1v) is 9.11. The van der Waals surface area contributed by atoms with Gasteiger partial charge < -0.3 is 5.11 Å². The first-order valence-electron chi connectivity index (χ1n) is 9.11. The van der Waals surface area contributed by atoms with E-state index in [9.17, 15) is 9.90 Å². The van der Waals surface area contributed by atoms with Crippen LogP contribution in [-0.4, -0.2) is 33.5 Å². The van der Waals surface area contributed by atoms with Gasteiger partial charge in [0, 0.05) is 25.0 Å². The Morgan fingerprint density at radius 3 is 2.80 bits per heavy atom. The molecule has 1 aliphatic rings. The van der Waals surface area contributed by atoms with Gasteiger partial charge in [0.15, 0.2) is 0 Å². The van der Waals surface area contributed by atoms with E-state index < -0.39 is 5.97 Å². The molecule has 0 bridgehead atoms. The van der Waals surface area contributed by atoms with Gasteiger partial charge in [0.1, 0.15) is 0 Å². The lowest BCUT2D eigenvalue weighted by Crippen LogP contribution is -2.38. The normalized spacial score (nSPS) is 20.0. The van der Waals surface area contributed by atoms with Gasteiger partial charge in [0.25, 0.3) is 0 Å². The second kappa shape index (κ2) is 8.26. The predicted octanol–water partition coefficient (Wildman–Crippen LogP) is 4.33. The fourth-order valence-electron chi connectivity index (χ4n) is 3.86. The Morgan fingerprint density at radius 1 is 1.24 bits per heavy atom. The van der Waals surface area contributed by atoms with Gasteiger partial charge in [-0.1, -0.05) is 50.1 Å². The maximum atomic E-state index is 11.2. The monoisotopic (exact) mass is 338 g/mol. The second-order valence-electron chi connectivity index (χ2n) is 6.97. The highest BCUT2D eigenvalue weighted by atomic mass is 16.4. The van der Waals surface area contributed by atoms with Crippen LogP contribution in [0, 0.1) is 0 Å². The number of aromatic nitrogens is 1. The summed E-state index contributed by atoms with van der Waals surface area (Å²) in [6.45, 7) is 4.12. The first kappa shape index (κ1) is 17.6. The van der Waals surface area contributed by atoms with Gasteiger partial charge in [-0.15, -0.1) is 0 Å². The van der Waals surface area contributed by atoms with Crippen molar-refractivity contribution in [2.24, 2.45) is 0 Å². The molecule has 0 amide bonds. The van der Waals surface area contributed by atoms with Gasteiger partial charge in [0.05, 0.1) is 5.56 Å². The van der Waals surface area contributed by atoms with Crippen molar-refractivity contribution in [3.05, 3.63) is 65.5 Å². The third-order valence-electron chi connectivity index (χ3n) is 5.24. The van der Waals surface area contributed by atoms with Crippen molar-refractivity contribution < 1.29 is 9.90 Å². The molecule has 0 aliphatic carbocycles. The number of carbonyl (C=O) groups is 1. The van der Waals surface area contributed by atoms with E-state index in [4.69, 9.17) is 0 Å². The Bertz CT molecular complexity index is 702. The van der Waals surface area contributed by atoms with E-state index in [0.717, 1.165) is 18.7 Å². The molecule has 4 nitrogen and oxygen atoms in total. The van der Waals surface area contributed by atoms with Crippen LogP contribution in [0.5, 0.6) is 0 Å². The zero-order chi connectivity index (χ0) is 17.6. The van der Waals surface area contributed by atoms with Crippen LogP contribution in [0.15, 0.2) is 48.8 Å². The average Bonchev–Trinajstić information content (AvgIpc) is 2.87. The van der Waals surface area contributed by atoms with E-state index in [1.807, 2.05) is 0 Å². The number of likely N-dealkylation sites (tertiary alicyclic amines) is 1. The van der Waals surface area contributed by atoms with Gasteiger partial charge in [-0.3, -0.25) is 9.88 Å². The van der Waals surface area contributed by atoms with Gasteiger partial charge in [-0.05, 0) is 42.5 Å². The molecular weight excluding hydrogens is 312 g/mol. The minimum absolute atomic E-state index is 0.264. The molecule has 3 rings (SSSR count). The number of aromatic carboxylic acids is 1. The lowest BCUT2D eigenvalue weighted by atomic mass is 9.89. The number of hydrogen-bond donors (Lipinski definition) is 1. The Balaban J connectivity index is 1.81. The molecule has 4 heteroatoms. The molecule has 2 atom stereocenters. The standard InChI is InChI=1S/C21H26N2O2/c1-16(18-8-4-2-5-9-18)20-10-6-3-7-11-23(20)15-17-12-19(21(24)25)14-22-13-17/h2,4-5,8-9,12-14,16,20H,3,6-7,10-11,15H2,1H3,(H,24,25). The highest BCUT2D eigenvalue weighted by molar-refractivity contribution is 5.87. The molecule has 1 aromatic carbocycles. The molecule has 1 fully saturated rings. The molecule has 25 heavy (non-hydrogen) atoms. The maximum absolute atomic E-state index is 11.2. The summed E-state index contributed by atoms with van der Waals surface area (Å²) in [5.74, 6) is -0.464. The molecule has 0 spiro atoms. The van der Waals surface area contributed by atoms with Crippen LogP contribution in [0.4, 0.5) is 0 Å². The van der Waals surface area contributed by atoms with E-state index in [1.54, 1.807) is 12.3 Å². The Labute approximate surface area is 149 Å². The molecule has 132 valence electrons. The molecule has 0 radical (unpaired) electrons. The van der Waals surface area contributed by atoms with Gasteiger partial charge in [0.2, 0.25) is 0 Å². The highest BCUT2D eigenvalue weighted by Crippen LogP contribution is 2.30. The van der Waals surface area contributed by atoms with Crippen molar-refractivity contribution in [2.75, 3.05) is 6.54 Å². The molecule has 2 aromatic rings. The number of rotatable bonds is 5. The molecule has 1 aromatic heterocycles. The molecule has 1 aliphatic heterocycles. The summed E-state index contributed by atoms with van der Waals surface area (Å²) in [5.41, 5.74) is 2.61. The predicted molar refractivity (Wildman–Crippen MR) is 98.7 cm³/mol. The van der Waals surface area contributed by atoms with Crippen molar-refractivity contribution in [2.45, 2.75) is 51.1 Å². The second-order valence-corrected chi connectivity index (χ2v) is 6.97. The van der Waals surface area contributed by atoms with Gasteiger partial charge in [-0.2, -0.15) is 0 Å². The van der Waals surface area contributed by atoms with E-state index >= 15 is 0 Å². The Hall–Kier alpha value is -2.20. The van der Waals surface area contributed by atoms with Crippen LogP contribution < -0.4 is 0 Å². The third kappa shape index (κ3) is 4.45. The van der Waals surface area contributed by atoms with Crippen LogP contribution in [0.25, 0.3) is 0 Å². The lowest BCUT2D eigenvalue weighted by Gasteiger charge is -2.34. The van der Waals surface area contributed by atoms with E-state index in [-0.39, 0.29) is 5.56 Å². The number of carboxylic acids is 1. The molecule has 1 saturated heterocycles. The number of hydrogen-bond acceptors (Lipinski definition) is 3. The van der Waals surface area contributed by atoms with Gasteiger partial charge >= 0.3 is 5.97 Å².